The molecule has 14 heavy (non-hydrogen) atoms. The first-order valence-corrected chi connectivity index (χ1v) is 4.32. The van der Waals surface area contributed by atoms with Crippen LogP contribution in [0.25, 0.3) is 11.3 Å². The summed E-state index contributed by atoms with van der Waals surface area (Å²) in [5.41, 5.74) is 2.19. The van der Waals surface area contributed by atoms with Gasteiger partial charge in [0.25, 0.3) is 5.56 Å². The van der Waals surface area contributed by atoms with Crippen LogP contribution >= 0.6 is 0 Å². The maximum Gasteiger partial charge on any atom is 0.288 e. The van der Waals surface area contributed by atoms with Crippen LogP contribution in [-0.4, -0.2) is 9.89 Å². The van der Waals surface area contributed by atoms with Gasteiger partial charge in [0.1, 0.15) is 0 Å². The Morgan fingerprint density at radius 1 is 1.29 bits per heavy atom. The molecule has 1 aromatic heterocycles. The molecule has 0 unspecified atom stereocenters. The number of hydrogen-bond acceptors (Lipinski definition) is 2. The quantitative estimate of drug-likeness (QED) is 0.654. The van der Waals surface area contributed by atoms with Crippen LogP contribution in [0.1, 0.15) is 5.56 Å². The maximum absolute atomic E-state index is 11.4. The Morgan fingerprint density at radius 3 is 2.43 bits per heavy atom. The summed E-state index contributed by atoms with van der Waals surface area (Å²) < 4.78 is 0. The first kappa shape index (κ1) is 8.62. The molecule has 72 valence electrons. The molecule has 1 heterocycles. The third-order valence-electron chi connectivity index (χ3n) is 2.21. The van der Waals surface area contributed by atoms with Crippen LogP contribution in [0.5, 0.6) is 0 Å². The van der Waals surface area contributed by atoms with E-state index in [2.05, 4.69) is 5.10 Å². The Morgan fingerprint density at radius 2 is 1.93 bits per heavy atom. The van der Waals surface area contributed by atoms with Crippen molar-refractivity contribution in [3.8, 4) is 11.3 Å². The van der Waals surface area contributed by atoms with Gasteiger partial charge in [-0.1, -0.05) is 30.3 Å². The molecule has 0 amide bonds. The van der Waals surface area contributed by atoms with Gasteiger partial charge in [-0.3, -0.25) is 9.89 Å². The zero-order valence-corrected chi connectivity index (χ0v) is 7.82. The summed E-state index contributed by atoms with van der Waals surface area (Å²) in [6, 6.07) is 9.62. The van der Waals surface area contributed by atoms with Crippen molar-refractivity contribution in [2.45, 2.75) is 6.92 Å². The fraction of sp³-hybridized carbons (Fsp3) is 0.100. The molecule has 0 aliphatic carbocycles. The number of aromatic nitrogens is 2. The third kappa shape index (κ3) is 1.21. The van der Waals surface area contributed by atoms with E-state index in [-0.39, 0.29) is 5.56 Å². The van der Waals surface area contributed by atoms with Crippen LogP contribution in [0, 0.1) is 6.92 Å². The van der Waals surface area contributed by atoms with E-state index in [1.54, 1.807) is 6.92 Å². The van der Waals surface area contributed by atoms with E-state index in [1.165, 1.54) is 0 Å². The van der Waals surface area contributed by atoms with Crippen molar-refractivity contribution >= 4 is 0 Å². The molecule has 0 aliphatic heterocycles. The van der Waals surface area contributed by atoms with E-state index in [1.807, 2.05) is 30.3 Å². The SMILES string of the molecule is Cc1c(-c2ccccc2)[nH]n(N)c1=O. The van der Waals surface area contributed by atoms with Crippen LogP contribution < -0.4 is 11.4 Å². The summed E-state index contributed by atoms with van der Waals surface area (Å²) in [5.74, 6) is 5.43. The van der Waals surface area contributed by atoms with E-state index in [0.29, 0.717) is 5.56 Å². The topological polar surface area (TPSA) is 63.8 Å². The number of aromatic amines is 1. The molecule has 0 saturated carbocycles. The number of nitrogens with two attached hydrogens (primary N) is 1. The van der Waals surface area contributed by atoms with E-state index in [9.17, 15) is 4.79 Å². The predicted octanol–water partition coefficient (Wildman–Crippen LogP) is 0.866. The summed E-state index contributed by atoms with van der Waals surface area (Å²) in [7, 11) is 0. The Hall–Kier alpha value is -1.97. The molecule has 3 N–H and O–H groups in total. The largest absolute Gasteiger partial charge is 0.321 e. The standard InChI is InChI=1S/C10H11N3O/c1-7-9(12-13(11)10(7)14)8-5-3-2-4-6-8/h2-6,12H,11H2,1H3. The second-order valence-electron chi connectivity index (χ2n) is 3.15. The maximum atomic E-state index is 11.4. The molecule has 0 aliphatic rings. The molecule has 0 saturated heterocycles. The molecule has 4 heteroatoms. The van der Waals surface area contributed by atoms with Gasteiger partial charge in [0.15, 0.2) is 0 Å². The number of hydrogen-bond donors (Lipinski definition) is 2. The minimum atomic E-state index is -0.191. The fourth-order valence-electron chi connectivity index (χ4n) is 1.43. The van der Waals surface area contributed by atoms with Gasteiger partial charge in [0.05, 0.1) is 5.69 Å². The van der Waals surface area contributed by atoms with Gasteiger partial charge in [-0.2, -0.15) is 4.79 Å². The molecule has 1 aromatic carbocycles. The Labute approximate surface area is 80.9 Å². The van der Waals surface area contributed by atoms with Crippen molar-refractivity contribution in [3.63, 3.8) is 0 Å². The fourth-order valence-corrected chi connectivity index (χ4v) is 1.43. The van der Waals surface area contributed by atoms with Gasteiger partial charge in [0, 0.05) is 5.56 Å². The highest BCUT2D eigenvalue weighted by Crippen LogP contribution is 2.17. The van der Waals surface area contributed by atoms with Crippen LogP contribution in [-0.2, 0) is 0 Å². The predicted molar refractivity (Wildman–Crippen MR) is 55.4 cm³/mol. The first-order chi connectivity index (χ1) is 6.70. The zero-order valence-electron chi connectivity index (χ0n) is 7.82. The lowest BCUT2D eigenvalue weighted by Crippen LogP contribution is -2.25. The lowest BCUT2D eigenvalue weighted by Gasteiger charge is -1.97. The number of benzene rings is 1. The summed E-state index contributed by atoms with van der Waals surface area (Å²) in [4.78, 5) is 12.4. The van der Waals surface area contributed by atoms with Crippen LogP contribution in [0.2, 0.25) is 0 Å². The lowest BCUT2D eigenvalue weighted by molar-refractivity contribution is 0.803. The van der Waals surface area contributed by atoms with Gasteiger partial charge in [-0.05, 0) is 12.5 Å². The second kappa shape index (κ2) is 3.06. The van der Waals surface area contributed by atoms with Crippen molar-refractivity contribution in [2.24, 2.45) is 0 Å². The highest BCUT2D eigenvalue weighted by Gasteiger charge is 2.08. The van der Waals surface area contributed by atoms with E-state index >= 15 is 0 Å². The summed E-state index contributed by atoms with van der Waals surface area (Å²) in [6.45, 7) is 1.75. The number of nitrogens with zero attached hydrogens (tertiary/aromatic N) is 1. The van der Waals surface area contributed by atoms with Gasteiger partial charge in [-0.15, -0.1) is 0 Å². The van der Waals surface area contributed by atoms with E-state index in [0.717, 1.165) is 16.0 Å². The first-order valence-electron chi connectivity index (χ1n) is 4.32. The third-order valence-corrected chi connectivity index (χ3v) is 2.21. The minimum Gasteiger partial charge on any atom is -0.321 e. The number of nitrogens with one attached hydrogen (secondary N) is 1. The normalized spacial score (nSPS) is 10.4. The van der Waals surface area contributed by atoms with Crippen molar-refractivity contribution in [1.29, 1.82) is 0 Å². The van der Waals surface area contributed by atoms with Crippen molar-refractivity contribution in [3.05, 3.63) is 46.2 Å². The summed E-state index contributed by atoms with van der Waals surface area (Å²) in [6.07, 6.45) is 0. The average molecular weight is 189 g/mol. The number of H-pyrrole nitrogens is 1. The minimum absolute atomic E-state index is 0.191. The summed E-state index contributed by atoms with van der Waals surface area (Å²) >= 11 is 0. The molecule has 0 spiro atoms. The second-order valence-corrected chi connectivity index (χ2v) is 3.15. The Balaban J connectivity index is 2.64. The molecule has 0 atom stereocenters. The van der Waals surface area contributed by atoms with Crippen molar-refractivity contribution in [1.82, 2.24) is 9.89 Å². The Kier molecular flexibility index (Phi) is 1.89. The lowest BCUT2D eigenvalue weighted by atomic mass is 10.1. The molecule has 0 fully saturated rings. The van der Waals surface area contributed by atoms with Crippen LogP contribution in [0.15, 0.2) is 35.1 Å². The molecule has 0 bridgehead atoms. The van der Waals surface area contributed by atoms with Crippen molar-refractivity contribution in [2.75, 3.05) is 5.84 Å². The highest BCUT2D eigenvalue weighted by molar-refractivity contribution is 5.61. The summed E-state index contributed by atoms with van der Waals surface area (Å²) in [5, 5.41) is 2.81. The molecular weight excluding hydrogens is 178 g/mol. The van der Waals surface area contributed by atoms with Crippen LogP contribution in [0.3, 0.4) is 0 Å². The smallest absolute Gasteiger partial charge is 0.288 e. The highest BCUT2D eigenvalue weighted by atomic mass is 16.1. The average Bonchev–Trinajstić information content (AvgIpc) is 2.47. The number of rotatable bonds is 1. The Bertz CT molecular complexity index is 496. The number of nitrogen functional groups attached to an aromatic ring is 1. The monoisotopic (exact) mass is 189 g/mol. The molecule has 0 radical (unpaired) electrons. The molecule has 4 nitrogen and oxygen atoms in total. The van der Waals surface area contributed by atoms with E-state index in [4.69, 9.17) is 5.84 Å². The van der Waals surface area contributed by atoms with Gasteiger partial charge >= 0.3 is 0 Å². The van der Waals surface area contributed by atoms with Crippen molar-refractivity contribution < 1.29 is 0 Å². The zero-order chi connectivity index (χ0) is 10.1. The van der Waals surface area contributed by atoms with Gasteiger partial charge in [0.2, 0.25) is 0 Å². The van der Waals surface area contributed by atoms with Gasteiger partial charge in [-0.25, -0.2) is 0 Å². The van der Waals surface area contributed by atoms with Crippen LogP contribution in [0.4, 0.5) is 0 Å². The van der Waals surface area contributed by atoms with Gasteiger partial charge < -0.3 is 5.84 Å². The molecule has 2 rings (SSSR count). The molecular formula is C10H11N3O. The molecule has 2 aromatic rings. The van der Waals surface area contributed by atoms with E-state index < -0.39 is 0 Å².